The Labute approximate surface area is 168 Å². The summed E-state index contributed by atoms with van der Waals surface area (Å²) in [5.74, 6) is -0.0392. The number of nitrogens with zero attached hydrogens (tertiary/aromatic N) is 1. The van der Waals surface area contributed by atoms with Crippen molar-refractivity contribution in [1.82, 2.24) is 4.90 Å². The maximum atomic E-state index is 12.5. The number of hydrogen-bond acceptors (Lipinski definition) is 3. The van der Waals surface area contributed by atoms with Crippen molar-refractivity contribution in [1.29, 1.82) is 0 Å². The third-order valence-electron chi connectivity index (χ3n) is 5.54. The fraction of sp³-hybridized carbons (Fsp3) is 0.458. The van der Waals surface area contributed by atoms with Gasteiger partial charge in [0.25, 0.3) is 0 Å². The van der Waals surface area contributed by atoms with Crippen molar-refractivity contribution in [2.45, 2.75) is 52.7 Å². The maximum absolute atomic E-state index is 12.5. The van der Waals surface area contributed by atoms with Gasteiger partial charge in [-0.15, -0.1) is 0 Å². The van der Waals surface area contributed by atoms with Crippen LogP contribution in [0.1, 0.15) is 50.3 Å². The number of aryl methyl sites for hydroxylation is 1. The summed E-state index contributed by atoms with van der Waals surface area (Å²) >= 11 is 0. The van der Waals surface area contributed by atoms with Crippen LogP contribution in [-0.2, 0) is 16.9 Å². The Hall–Kier alpha value is -2.17. The fourth-order valence-electron chi connectivity index (χ4n) is 3.65. The first kappa shape index (κ1) is 20.6. The summed E-state index contributed by atoms with van der Waals surface area (Å²) in [5, 5.41) is 14.5. The summed E-state index contributed by atoms with van der Waals surface area (Å²) in [6.07, 6.45) is 1.31. The molecule has 0 aliphatic carbocycles. The lowest BCUT2D eigenvalue weighted by Gasteiger charge is -2.39. The molecule has 3 rings (SSSR count). The number of likely N-dealkylation sites (tertiary alicyclic amines) is 1. The highest BCUT2D eigenvalue weighted by Gasteiger charge is 2.36. The Morgan fingerprint density at radius 1 is 1.11 bits per heavy atom. The number of hydrogen-bond donors (Lipinski definition) is 2. The van der Waals surface area contributed by atoms with Gasteiger partial charge in [-0.25, -0.2) is 0 Å². The molecule has 28 heavy (non-hydrogen) atoms. The van der Waals surface area contributed by atoms with Crippen LogP contribution in [0.5, 0.6) is 0 Å². The second-order valence-electron chi connectivity index (χ2n) is 9.05. The summed E-state index contributed by atoms with van der Waals surface area (Å²) in [7, 11) is 0. The summed E-state index contributed by atoms with van der Waals surface area (Å²) < 4.78 is 0. The number of carbonyl (C=O) groups is 1. The van der Waals surface area contributed by atoms with Gasteiger partial charge in [-0.3, -0.25) is 9.69 Å². The third kappa shape index (κ3) is 4.81. The quantitative estimate of drug-likeness (QED) is 0.823. The van der Waals surface area contributed by atoms with Gasteiger partial charge < -0.3 is 10.4 Å². The Kier molecular flexibility index (Phi) is 5.92. The molecule has 0 spiro atoms. The minimum absolute atomic E-state index is 0.0392. The van der Waals surface area contributed by atoms with Gasteiger partial charge >= 0.3 is 0 Å². The average molecular weight is 381 g/mol. The topological polar surface area (TPSA) is 52.6 Å². The van der Waals surface area contributed by atoms with E-state index in [2.05, 4.69) is 34.5 Å². The van der Waals surface area contributed by atoms with E-state index in [1.807, 2.05) is 52.0 Å². The molecule has 1 amide bonds. The molecule has 4 heteroatoms. The van der Waals surface area contributed by atoms with E-state index < -0.39 is 11.0 Å². The first-order valence-corrected chi connectivity index (χ1v) is 10.1. The molecule has 1 aliphatic heterocycles. The molecular formula is C24H32N2O2. The molecule has 1 heterocycles. The summed E-state index contributed by atoms with van der Waals surface area (Å²) in [5.41, 5.74) is 2.54. The zero-order chi connectivity index (χ0) is 20.4. The smallest absolute Gasteiger partial charge is 0.229 e. The number of benzene rings is 2. The second-order valence-corrected chi connectivity index (χ2v) is 9.05. The molecular weight excluding hydrogens is 348 g/mol. The van der Waals surface area contributed by atoms with Crippen LogP contribution >= 0.6 is 0 Å². The fourth-order valence-corrected chi connectivity index (χ4v) is 3.65. The van der Waals surface area contributed by atoms with Gasteiger partial charge in [-0.1, -0.05) is 68.8 Å². The lowest BCUT2D eigenvalue weighted by molar-refractivity contribution is -0.123. The van der Waals surface area contributed by atoms with Crippen LogP contribution in [0.4, 0.5) is 5.69 Å². The molecule has 0 saturated carbocycles. The second kappa shape index (κ2) is 8.06. The molecule has 1 aliphatic rings. The van der Waals surface area contributed by atoms with Crippen LogP contribution in [0.3, 0.4) is 0 Å². The summed E-state index contributed by atoms with van der Waals surface area (Å²) in [4.78, 5) is 14.9. The Morgan fingerprint density at radius 3 is 2.36 bits per heavy atom. The van der Waals surface area contributed by atoms with Gasteiger partial charge in [-0.05, 0) is 31.4 Å². The van der Waals surface area contributed by atoms with E-state index >= 15 is 0 Å². The zero-order valence-corrected chi connectivity index (χ0v) is 17.5. The zero-order valence-electron chi connectivity index (χ0n) is 17.5. The maximum Gasteiger partial charge on any atom is 0.229 e. The summed E-state index contributed by atoms with van der Waals surface area (Å²) in [6, 6.07) is 16.4. The van der Waals surface area contributed by atoms with Gasteiger partial charge in [0, 0.05) is 36.3 Å². The van der Waals surface area contributed by atoms with Gasteiger partial charge in [-0.2, -0.15) is 0 Å². The number of rotatable bonds is 4. The largest absolute Gasteiger partial charge is 0.385 e. The van der Waals surface area contributed by atoms with Crippen LogP contribution in [0, 0.1) is 12.3 Å². The molecule has 0 bridgehead atoms. The molecule has 1 fully saturated rings. The third-order valence-corrected chi connectivity index (χ3v) is 5.54. The van der Waals surface area contributed by atoms with Crippen molar-refractivity contribution >= 4 is 11.6 Å². The molecule has 0 atom stereocenters. The van der Waals surface area contributed by atoms with E-state index in [1.54, 1.807) is 0 Å². The predicted molar refractivity (Wildman–Crippen MR) is 114 cm³/mol. The Balaban J connectivity index is 1.76. The minimum atomic E-state index is -0.917. The van der Waals surface area contributed by atoms with E-state index in [1.165, 1.54) is 5.56 Å². The highest BCUT2D eigenvalue weighted by atomic mass is 16.3. The average Bonchev–Trinajstić information content (AvgIpc) is 2.65. The molecule has 0 aromatic heterocycles. The number of nitrogens with one attached hydrogen (secondary N) is 1. The van der Waals surface area contributed by atoms with Gasteiger partial charge in [0.1, 0.15) is 0 Å². The molecule has 150 valence electrons. The normalized spacial score (nSPS) is 17.3. The number of piperidine rings is 1. The van der Waals surface area contributed by atoms with Crippen molar-refractivity contribution in [3.05, 3.63) is 65.2 Å². The van der Waals surface area contributed by atoms with Crippen LogP contribution in [0.15, 0.2) is 48.5 Å². The SMILES string of the molecule is Cc1ccc(NC(=O)C(C)(C)C)c(C2(O)CCN(Cc3ccccc3)CC2)c1. The molecule has 2 aromatic carbocycles. The monoisotopic (exact) mass is 380 g/mol. The van der Waals surface area contributed by atoms with Crippen molar-refractivity contribution in [3.63, 3.8) is 0 Å². The van der Waals surface area contributed by atoms with Crippen molar-refractivity contribution in [2.75, 3.05) is 18.4 Å². The van der Waals surface area contributed by atoms with E-state index in [9.17, 15) is 9.90 Å². The lowest BCUT2D eigenvalue weighted by atomic mass is 9.82. The van der Waals surface area contributed by atoms with Crippen LogP contribution in [0.2, 0.25) is 0 Å². The van der Waals surface area contributed by atoms with E-state index in [0.717, 1.165) is 36.4 Å². The van der Waals surface area contributed by atoms with Crippen molar-refractivity contribution in [2.24, 2.45) is 5.41 Å². The highest BCUT2D eigenvalue weighted by Crippen LogP contribution is 2.38. The first-order chi connectivity index (χ1) is 13.2. The van der Waals surface area contributed by atoms with Crippen molar-refractivity contribution in [3.8, 4) is 0 Å². The number of carbonyl (C=O) groups excluding carboxylic acids is 1. The Bertz CT molecular complexity index is 816. The molecule has 2 aromatic rings. The minimum Gasteiger partial charge on any atom is -0.385 e. The molecule has 0 unspecified atom stereocenters. The van der Waals surface area contributed by atoms with E-state index in [4.69, 9.17) is 0 Å². The molecule has 4 nitrogen and oxygen atoms in total. The van der Waals surface area contributed by atoms with Gasteiger partial charge in [0.2, 0.25) is 5.91 Å². The molecule has 2 N–H and O–H groups in total. The van der Waals surface area contributed by atoms with Crippen LogP contribution in [0.25, 0.3) is 0 Å². The van der Waals surface area contributed by atoms with Crippen LogP contribution < -0.4 is 5.32 Å². The highest BCUT2D eigenvalue weighted by molar-refractivity contribution is 5.95. The summed E-state index contributed by atoms with van der Waals surface area (Å²) in [6.45, 7) is 10.3. The predicted octanol–water partition coefficient (Wildman–Crippen LogP) is 4.46. The van der Waals surface area contributed by atoms with Gasteiger partial charge in [0.15, 0.2) is 0 Å². The number of aliphatic hydroxyl groups is 1. The Morgan fingerprint density at radius 2 is 1.75 bits per heavy atom. The standard InChI is InChI=1S/C24H32N2O2/c1-18-10-11-21(25-22(27)23(2,3)4)20(16-18)24(28)12-14-26(15-13-24)17-19-8-6-5-7-9-19/h5-11,16,28H,12-15,17H2,1-4H3,(H,25,27). The molecule has 0 radical (unpaired) electrons. The lowest BCUT2D eigenvalue weighted by Crippen LogP contribution is -2.42. The molecule has 1 saturated heterocycles. The van der Waals surface area contributed by atoms with Crippen molar-refractivity contribution < 1.29 is 9.90 Å². The number of anilines is 1. The first-order valence-electron chi connectivity index (χ1n) is 10.1. The van der Waals surface area contributed by atoms with Gasteiger partial charge in [0.05, 0.1) is 5.60 Å². The number of amides is 1. The van der Waals surface area contributed by atoms with E-state index in [-0.39, 0.29) is 5.91 Å². The van der Waals surface area contributed by atoms with Crippen LogP contribution in [-0.4, -0.2) is 29.0 Å². The van der Waals surface area contributed by atoms with E-state index in [0.29, 0.717) is 12.8 Å².